The van der Waals surface area contributed by atoms with Crippen LogP contribution in [0, 0.1) is 11.3 Å². The molecule has 5 nitrogen and oxygen atoms in total. The van der Waals surface area contributed by atoms with Crippen LogP contribution in [0.2, 0.25) is 0 Å². The van der Waals surface area contributed by atoms with Crippen LogP contribution >= 0.6 is 11.8 Å². The Labute approximate surface area is 176 Å². The number of imidazole rings is 1. The largest absolute Gasteiger partial charge is 0.311 e. The van der Waals surface area contributed by atoms with E-state index < -0.39 is 0 Å². The third-order valence-electron chi connectivity index (χ3n) is 4.57. The summed E-state index contributed by atoms with van der Waals surface area (Å²) in [7, 11) is 0. The maximum absolute atomic E-state index is 12.9. The molecule has 0 aliphatic rings. The number of para-hydroxylation sites is 2. The Hall–Kier alpha value is -3.04. The summed E-state index contributed by atoms with van der Waals surface area (Å²) in [6.45, 7) is 4.71. The SMILES string of the molecule is CC(C)c1ccccc1-n1ccnc1SCC(=O)N(CCC#N)c1ccccc1. The van der Waals surface area contributed by atoms with Crippen molar-refractivity contribution in [2.75, 3.05) is 17.2 Å². The Morgan fingerprint density at radius 3 is 2.62 bits per heavy atom. The molecule has 1 heterocycles. The van der Waals surface area contributed by atoms with Gasteiger partial charge in [0.25, 0.3) is 0 Å². The monoisotopic (exact) mass is 404 g/mol. The van der Waals surface area contributed by atoms with Gasteiger partial charge in [-0.15, -0.1) is 0 Å². The molecule has 0 spiro atoms. The van der Waals surface area contributed by atoms with E-state index >= 15 is 0 Å². The van der Waals surface area contributed by atoms with E-state index in [1.807, 2.05) is 53.2 Å². The molecule has 2 aromatic carbocycles. The zero-order chi connectivity index (χ0) is 20.6. The first-order valence-corrected chi connectivity index (χ1v) is 10.6. The summed E-state index contributed by atoms with van der Waals surface area (Å²) in [5.74, 6) is 0.594. The number of nitriles is 1. The highest BCUT2D eigenvalue weighted by atomic mass is 32.2. The van der Waals surface area contributed by atoms with Crippen molar-refractivity contribution in [2.24, 2.45) is 0 Å². The molecule has 1 amide bonds. The second-order valence-electron chi connectivity index (χ2n) is 6.87. The number of hydrogen-bond acceptors (Lipinski definition) is 4. The molecule has 0 aliphatic carbocycles. The van der Waals surface area contributed by atoms with Gasteiger partial charge >= 0.3 is 0 Å². The molecule has 0 fully saturated rings. The normalized spacial score (nSPS) is 10.7. The van der Waals surface area contributed by atoms with Crippen LogP contribution in [0.5, 0.6) is 0 Å². The third kappa shape index (κ3) is 5.07. The van der Waals surface area contributed by atoms with Gasteiger partial charge in [-0.3, -0.25) is 9.36 Å². The number of amides is 1. The summed E-state index contributed by atoms with van der Waals surface area (Å²) in [6.07, 6.45) is 3.98. The van der Waals surface area contributed by atoms with E-state index in [2.05, 4.69) is 37.0 Å². The van der Waals surface area contributed by atoms with E-state index in [0.29, 0.717) is 18.9 Å². The zero-order valence-electron chi connectivity index (χ0n) is 16.7. The summed E-state index contributed by atoms with van der Waals surface area (Å²) in [6, 6.07) is 19.9. The van der Waals surface area contributed by atoms with Crippen LogP contribution < -0.4 is 4.90 Å². The van der Waals surface area contributed by atoms with Gasteiger partial charge in [0.2, 0.25) is 5.91 Å². The van der Waals surface area contributed by atoms with Crippen molar-refractivity contribution < 1.29 is 4.79 Å². The average molecular weight is 405 g/mol. The van der Waals surface area contributed by atoms with Crippen molar-refractivity contribution in [3.8, 4) is 11.8 Å². The van der Waals surface area contributed by atoms with Crippen LogP contribution in [0.1, 0.15) is 31.7 Å². The van der Waals surface area contributed by atoms with Gasteiger partial charge in [0.05, 0.1) is 23.9 Å². The van der Waals surface area contributed by atoms with Crippen LogP contribution in [-0.2, 0) is 4.79 Å². The lowest BCUT2D eigenvalue weighted by atomic mass is 10.0. The summed E-state index contributed by atoms with van der Waals surface area (Å²) < 4.78 is 2.04. The average Bonchev–Trinajstić information content (AvgIpc) is 3.21. The Balaban J connectivity index is 1.78. The quantitative estimate of drug-likeness (QED) is 0.494. The molecule has 0 aliphatic heterocycles. The lowest BCUT2D eigenvalue weighted by molar-refractivity contribution is -0.116. The minimum absolute atomic E-state index is 0.0388. The highest BCUT2D eigenvalue weighted by molar-refractivity contribution is 7.99. The van der Waals surface area contributed by atoms with Gasteiger partial charge < -0.3 is 4.90 Å². The molecule has 0 saturated heterocycles. The molecule has 0 unspecified atom stereocenters. The molecule has 3 aromatic rings. The molecule has 29 heavy (non-hydrogen) atoms. The molecule has 3 rings (SSSR count). The Kier molecular flexibility index (Phi) is 7.09. The van der Waals surface area contributed by atoms with E-state index in [0.717, 1.165) is 16.5 Å². The van der Waals surface area contributed by atoms with Gasteiger partial charge in [-0.1, -0.05) is 62.0 Å². The molecule has 6 heteroatoms. The molecular formula is C23H24N4OS. The zero-order valence-corrected chi connectivity index (χ0v) is 17.5. The predicted octanol–water partition coefficient (Wildman–Crippen LogP) is 5.03. The summed E-state index contributed by atoms with van der Waals surface area (Å²) in [5, 5.41) is 9.73. The van der Waals surface area contributed by atoms with E-state index in [1.165, 1.54) is 17.3 Å². The fourth-order valence-corrected chi connectivity index (χ4v) is 3.99. The summed E-state index contributed by atoms with van der Waals surface area (Å²) in [5.41, 5.74) is 3.12. The van der Waals surface area contributed by atoms with Crippen molar-refractivity contribution >= 4 is 23.4 Å². The Bertz CT molecular complexity index is 991. The van der Waals surface area contributed by atoms with Crippen molar-refractivity contribution in [3.05, 3.63) is 72.6 Å². The number of benzene rings is 2. The minimum Gasteiger partial charge on any atom is -0.311 e. The van der Waals surface area contributed by atoms with Crippen LogP contribution in [0.25, 0.3) is 5.69 Å². The van der Waals surface area contributed by atoms with Gasteiger partial charge in [0.15, 0.2) is 5.16 Å². The van der Waals surface area contributed by atoms with Crippen LogP contribution in [0.4, 0.5) is 5.69 Å². The maximum Gasteiger partial charge on any atom is 0.237 e. The second kappa shape index (κ2) is 9.94. The molecule has 1 aromatic heterocycles. The number of aromatic nitrogens is 2. The highest BCUT2D eigenvalue weighted by Gasteiger charge is 2.18. The third-order valence-corrected chi connectivity index (χ3v) is 5.52. The lowest BCUT2D eigenvalue weighted by Gasteiger charge is -2.21. The Morgan fingerprint density at radius 1 is 1.17 bits per heavy atom. The maximum atomic E-state index is 12.9. The fourth-order valence-electron chi connectivity index (χ4n) is 3.15. The topological polar surface area (TPSA) is 61.9 Å². The minimum atomic E-state index is -0.0388. The molecule has 0 atom stereocenters. The first-order valence-electron chi connectivity index (χ1n) is 9.59. The van der Waals surface area contributed by atoms with Gasteiger partial charge in [-0.05, 0) is 29.7 Å². The van der Waals surface area contributed by atoms with Gasteiger partial charge in [-0.2, -0.15) is 5.26 Å². The van der Waals surface area contributed by atoms with Crippen molar-refractivity contribution in [1.82, 2.24) is 9.55 Å². The van der Waals surface area contributed by atoms with Crippen molar-refractivity contribution in [3.63, 3.8) is 0 Å². The first-order chi connectivity index (χ1) is 14.1. The number of hydrogen-bond donors (Lipinski definition) is 0. The molecule has 148 valence electrons. The van der Waals surface area contributed by atoms with E-state index in [4.69, 9.17) is 5.26 Å². The molecule has 0 bridgehead atoms. The number of carbonyl (C=O) groups is 1. The van der Waals surface area contributed by atoms with Gasteiger partial charge in [0, 0.05) is 24.6 Å². The van der Waals surface area contributed by atoms with Gasteiger partial charge in [-0.25, -0.2) is 4.98 Å². The summed E-state index contributed by atoms with van der Waals surface area (Å²) in [4.78, 5) is 19.1. The molecule has 0 saturated carbocycles. The number of thioether (sulfide) groups is 1. The van der Waals surface area contributed by atoms with Crippen molar-refractivity contribution in [1.29, 1.82) is 5.26 Å². The predicted molar refractivity (Wildman–Crippen MR) is 117 cm³/mol. The van der Waals surface area contributed by atoms with E-state index in [-0.39, 0.29) is 11.7 Å². The number of rotatable bonds is 8. The fraction of sp³-hybridized carbons (Fsp3) is 0.261. The number of nitrogens with zero attached hydrogens (tertiary/aromatic N) is 4. The Morgan fingerprint density at radius 2 is 1.90 bits per heavy atom. The first kappa shape index (κ1) is 20.7. The molecular weight excluding hydrogens is 380 g/mol. The highest BCUT2D eigenvalue weighted by Crippen LogP contribution is 2.27. The van der Waals surface area contributed by atoms with Crippen molar-refractivity contribution in [2.45, 2.75) is 31.3 Å². The van der Waals surface area contributed by atoms with Crippen LogP contribution in [-0.4, -0.2) is 27.8 Å². The standard InChI is InChI=1S/C23H24N4OS/c1-18(2)20-11-6-7-12-21(20)27-16-14-25-23(27)29-17-22(28)26(15-8-13-24)19-9-4-3-5-10-19/h3-7,9-12,14,16,18H,8,15,17H2,1-2H3. The van der Waals surface area contributed by atoms with E-state index in [9.17, 15) is 4.79 Å². The number of carbonyl (C=O) groups excluding carboxylic acids is 1. The summed E-state index contributed by atoms with van der Waals surface area (Å²) >= 11 is 1.41. The van der Waals surface area contributed by atoms with Gasteiger partial charge in [0.1, 0.15) is 0 Å². The second-order valence-corrected chi connectivity index (χ2v) is 7.81. The molecule has 0 N–H and O–H groups in total. The smallest absolute Gasteiger partial charge is 0.237 e. The number of anilines is 1. The van der Waals surface area contributed by atoms with E-state index in [1.54, 1.807) is 11.1 Å². The van der Waals surface area contributed by atoms with Crippen LogP contribution in [0.3, 0.4) is 0 Å². The molecule has 0 radical (unpaired) electrons. The lowest BCUT2D eigenvalue weighted by Crippen LogP contribution is -2.33. The van der Waals surface area contributed by atoms with Crippen LogP contribution in [0.15, 0.2) is 72.1 Å².